The minimum Gasteiger partial charge on any atom is -0.495 e. The van der Waals surface area contributed by atoms with Gasteiger partial charge in [0.25, 0.3) is 0 Å². The molecule has 2 heterocycles. The number of hydrogen-bond acceptors (Lipinski definition) is 6. The number of anilines is 5. The molecule has 1 saturated heterocycles. The van der Waals surface area contributed by atoms with E-state index in [4.69, 9.17) is 16.3 Å². The average molecular weight is 396 g/mol. The molecule has 0 atom stereocenters. The second kappa shape index (κ2) is 8.35. The number of benzene rings is 2. The summed E-state index contributed by atoms with van der Waals surface area (Å²) in [6.45, 7) is 2.28. The third kappa shape index (κ3) is 4.28. The maximum absolute atomic E-state index is 6.09. The Bertz CT molecular complexity index is 942. The minimum absolute atomic E-state index is 0.458. The molecule has 3 aromatic rings. The molecule has 144 valence electrons. The first-order valence-corrected chi connectivity index (χ1v) is 9.65. The fourth-order valence-corrected chi connectivity index (χ4v) is 3.44. The fraction of sp³-hybridized carbons (Fsp3) is 0.238. The Balaban J connectivity index is 1.47. The van der Waals surface area contributed by atoms with E-state index in [1.165, 1.54) is 18.5 Å². The molecule has 4 rings (SSSR count). The number of rotatable bonds is 6. The van der Waals surface area contributed by atoms with Crippen LogP contribution < -0.4 is 20.3 Å². The summed E-state index contributed by atoms with van der Waals surface area (Å²) in [5.74, 6) is 1.83. The second-order valence-corrected chi connectivity index (χ2v) is 7.04. The topological polar surface area (TPSA) is 62.3 Å². The van der Waals surface area contributed by atoms with Crippen LogP contribution in [0.15, 0.2) is 54.7 Å². The highest BCUT2D eigenvalue weighted by Gasteiger charge is 2.12. The number of nitrogens with zero attached hydrogens (tertiary/aromatic N) is 3. The molecule has 0 amide bonds. The van der Waals surface area contributed by atoms with E-state index < -0.39 is 0 Å². The number of methoxy groups -OCH3 is 1. The van der Waals surface area contributed by atoms with Gasteiger partial charge in [0.1, 0.15) is 11.6 Å². The summed E-state index contributed by atoms with van der Waals surface area (Å²) in [6.07, 6.45) is 4.25. The Kier molecular flexibility index (Phi) is 5.48. The molecule has 1 aliphatic heterocycles. The largest absolute Gasteiger partial charge is 0.495 e. The quantitative estimate of drug-likeness (QED) is 0.596. The zero-order chi connectivity index (χ0) is 19.3. The van der Waals surface area contributed by atoms with Crippen molar-refractivity contribution in [1.82, 2.24) is 9.97 Å². The van der Waals surface area contributed by atoms with Gasteiger partial charge < -0.3 is 20.3 Å². The van der Waals surface area contributed by atoms with Crippen molar-refractivity contribution in [3.05, 3.63) is 59.8 Å². The Morgan fingerprint density at radius 1 is 1.00 bits per heavy atom. The van der Waals surface area contributed by atoms with E-state index in [2.05, 4.69) is 49.8 Å². The average Bonchev–Trinajstić information content (AvgIpc) is 3.24. The molecule has 0 spiro atoms. The smallest absolute Gasteiger partial charge is 0.229 e. The summed E-state index contributed by atoms with van der Waals surface area (Å²) >= 11 is 6.09. The molecule has 2 aromatic carbocycles. The van der Waals surface area contributed by atoms with Crippen LogP contribution >= 0.6 is 11.6 Å². The highest BCUT2D eigenvalue weighted by molar-refractivity contribution is 6.31. The van der Waals surface area contributed by atoms with E-state index in [0.717, 1.165) is 18.8 Å². The molecule has 1 fully saturated rings. The van der Waals surface area contributed by atoms with Crippen LogP contribution in [-0.4, -0.2) is 30.2 Å². The van der Waals surface area contributed by atoms with E-state index in [-0.39, 0.29) is 0 Å². The fourth-order valence-electron chi connectivity index (χ4n) is 3.27. The number of halogens is 1. The molecule has 0 radical (unpaired) electrons. The first-order chi connectivity index (χ1) is 13.7. The van der Waals surface area contributed by atoms with Crippen molar-refractivity contribution < 1.29 is 4.74 Å². The Labute approximate surface area is 169 Å². The SMILES string of the molecule is COc1ccc(Cl)cc1Nc1nccc(Nc2ccc(N3CCCC3)cc2)n1. The van der Waals surface area contributed by atoms with Crippen molar-refractivity contribution in [3.8, 4) is 5.75 Å². The molecule has 1 aromatic heterocycles. The van der Waals surface area contributed by atoms with Crippen LogP contribution in [0.2, 0.25) is 5.02 Å². The van der Waals surface area contributed by atoms with Gasteiger partial charge in [0.05, 0.1) is 12.8 Å². The van der Waals surface area contributed by atoms with Crippen molar-refractivity contribution >= 4 is 40.4 Å². The van der Waals surface area contributed by atoms with Crippen LogP contribution in [0.1, 0.15) is 12.8 Å². The molecule has 28 heavy (non-hydrogen) atoms. The van der Waals surface area contributed by atoms with Crippen LogP contribution in [-0.2, 0) is 0 Å². The van der Waals surface area contributed by atoms with Gasteiger partial charge in [-0.2, -0.15) is 4.98 Å². The van der Waals surface area contributed by atoms with E-state index >= 15 is 0 Å². The van der Waals surface area contributed by atoms with Gasteiger partial charge in [-0.25, -0.2) is 4.98 Å². The first-order valence-electron chi connectivity index (χ1n) is 9.27. The van der Waals surface area contributed by atoms with Crippen molar-refractivity contribution in [2.24, 2.45) is 0 Å². The second-order valence-electron chi connectivity index (χ2n) is 6.60. The lowest BCUT2D eigenvalue weighted by atomic mass is 10.2. The van der Waals surface area contributed by atoms with Crippen LogP contribution in [0.4, 0.5) is 28.8 Å². The summed E-state index contributed by atoms with van der Waals surface area (Å²) in [4.78, 5) is 11.2. The van der Waals surface area contributed by atoms with Gasteiger partial charge in [-0.05, 0) is 61.4 Å². The van der Waals surface area contributed by atoms with Crippen LogP contribution in [0.5, 0.6) is 5.75 Å². The van der Waals surface area contributed by atoms with Gasteiger partial charge in [-0.15, -0.1) is 0 Å². The predicted molar refractivity (Wildman–Crippen MR) is 114 cm³/mol. The number of hydrogen-bond donors (Lipinski definition) is 2. The van der Waals surface area contributed by atoms with Gasteiger partial charge in [0.2, 0.25) is 5.95 Å². The molecule has 0 bridgehead atoms. The van der Waals surface area contributed by atoms with Crippen LogP contribution in [0.3, 0.4) is 0 Å². The van der Waals surface area contributed by atoms with Gasteiger partial charge in [0, 0.05) is 35.7 Å². The Morgan fingerprint density at radius 2 is 1.79 bits per heavy atom. The number of nitrogens with one attached hydrogen (secondary N) is 2. The molecule has 1 aliphatic rings. The molecular weight excluding hydrogens is 374 g/mol. The number of aromatic nitrogens is 2. The molecule has 0 aliphatic carbocycles. The summed E-state index contributed by atoms with van der Waals surface area (Å²) in [5, 5.41) is 7.09. The molecule has 6 nitrogen and oxygen atoms in total. The molecule has 7 heteroatoms. The summed E-state index contributed by atoms with van der Waals surface area (Å²) in [5.41, 5.74) is 2.95. The maximum atomic E-state index is 6.09. The lowest BCUT2D eigenvalue weighted by Gasteiger charge is -2.18. The molecule has 0 unspecified atom stereocenters. The normalized spacial score (nSPS) is 13.4. The van der Waals surface area contributed by atoms with Gasteiger partial charge in [0.15, 0.2) is 0 Å². The predicted octanol–water partition coefficient (Wildman–Crippen LogP) is 5.23. The summed E-state index contributed by atoms with van der Waals surface area (Å²) in [7, 11) is 1.61. The summed E-state index contributed by atoms with van der Waals surface area (Å²) < 4.78 is 5.36. The van der Waals surface area contributed by atoms with E-state index in [1.807, 2.05) is 6.07 Å². The monoisotopic (exact) mass is 395 g/mol. The van der Waals surface area contributed by atoms with Crippen molar-refractivity contribution in [2.45, 2.75) is 12.8 Å². The maximum Gasteiger partial charge on any atom is 0.229 e. The van der Waals surface area contributed by atoms with E-state index in [0.29, 0.717) is 28.2 Å². The van der Waals surface area contributed by atoms with E-state index in [1.54, 1.807) is 31.5 Å². The number of ether oxygens (including phenoxy) is 1. The molecule has 0 saturated carbocycles. The third-order valence-electron chi connectivity index (χ3n) is 4.67. The van der Waals surface area contributed by atoms with Crippen LogP contribution in [0, 0.1) is 0 Å². The lowest BCUT2D eigenvalue weighted by molar-refractivity contribution is 0.417. The standard InChI is InChI=1S/C21H22ClN5O/c1-28-19-9-4-15(22)14-18(19)25-21-23-11-10-20(26-21)24-16-5-7-17(8-6-16)27-12-2-3-13-27/h4-11,14H,2-3,12-13H2,1H3,(H2,23,24,25,26). The molecular formula is C21H22ClN5O. The van der Waals surface area contributed by atoms with Crippen molar-refractivity contribution in [3.63, 3.8) is 0 Å². The van der Waals surface area contributed by atoms with Gasteiger partial charge >= 0.3 is 0 Å². The van der Waals surface area contributed by atoms with Gasteiger partial charge in [-0.3, -0.25) is 0 Å². The zero-order valence-electron chi connectivity index (χ0n) is 15.7. The summed E-state index contributed by atoms with van der Waals surface area (Å²) in [6, 6.07) is 15.6. The van der Waals surface area contributed by atoms with Crippen molar-refractivity contribution in [1.29, 1.82) is 0 Å². The van der Waals surface area contributed by atoms with Crippen LogP contribution in [0.25, 0.3) is 0 Å². The minimum atomic E-state index is 0.458. The first kappa shape index (κ1) is 18.4. The van der Waals surface area contributed by atoms with Gasteiger partial charge in [-0.1, -0.05) is 11.6 Å². The highest BCUT2D eigenvalue weighted by Crippen LogP contribution is 2.30. The molecule has 2 N–H and O–H groups in total. The highest BCUT2D eigenvalue weighted by atomic mass is 35.5. The van der Waals surface area contributed by atoms with Crippen molar-refractivity contribution in [2.75, 3.05) is 35.7 Å². The van der Waals surface area contributed by atoms with E-state index in [9.17, 15) is 0 Å². The Hall–Kier alpha value is -2.99. The Morgan fingerprint density at radius 3 is 2.54 bits per heavy atom. The third-order valence-corrected chi connectivity index (χ3v) is 4.91. The lowest BCUT2D eigenvalue weighted by Crippen LogP contribution is -2.17. The zero-order valence-corrected chi connectivity index (χ0v) is 16.4.